The largest absolute Gasteiger partial charge is 0.339 e. The molecule has 2 aliphatic rings. The van der Waals surface area contributed by atoms with E-state index < -0.39 is 6.03 Å². The van der Waals surface area contributed by atoms with E-state index in [-0.39, 0.29) is 12.6 Å². The van der Waals surface area contributed by atoms with E-state index in [1.807, 2.05) is 18.2 Å². The van der Waals surface area contributed by atoms with Gasteiger partial charge in [-0.3, -0.25) is 8.43 Å². The van der Waals surface area contributed by atoms with Crippen LogP contribution in [0.25, 0.3) is 0 Å². The van der Waals surface area contributed by atoms with Crippen molar-refractivity contribution in [1.29, 1.82) is 0 Å². The van der Waals surface area contributed by atoms with Gasteiger partial charge in [0.05, 0.1) is 41.3 Å². The quantitative estimate of drug-likeness (QED) is 0.443. The van der Waals surface area contributed by atoms with Crippen molar-refractivity contribution in [3.63, 3.8) is 0 Å². The Morgan fingerprint density at radius 2 is 1.94 bits per heavy atom. The first kappa shape index (κ1) is 21.8. The van der Waals surface area contributed by atoms with Gasteiger partial charge in [-0.2, -0.15) is 4.98 Å². The fourth-order valence-electron chi connectivity index (χ4n) is 3.59. The number of nitrogens with one attached hydrogen (secondary N) is 2. The van der Waals surface area contributed by atoms with E-state index in [4.69, 9.17) is 11.6 Å². The number of likely N-dealkylation sites (N-methyl/N-ethyl adjacent to an activating group) is 1. The summed E-state index contributed by atoms with van der Waals surface area (Å²) in [6.07, 6.45) is 1.60. The van der Waals surface area contributed by atoms with E-state index >= 15 is 0 Å². The number of hydrogen-bond acceptors (Lipinski definition) is 7. The van der Waals surface area contributed by atoms with Gasteiger partial charge in [0.2, 0.25) is 5.95 Å². The van der Waals surface area contributed by atoms with E-state index in [9.17, 15) is 9.59 Å². The lowest BCUT2D eigenvalue weighted by atomic mass is 10.1. The second-order valence-corrected chi connectivity index (χ2v) is 8.40. The van der Waals surface area contributed by atoms with Crippen molar-refractivity contribution >= 4 is 69.7 Å². The van der Waals surface area contributed by atoms with Crippen LogP contribution in [0.5, 0.6) is 0 Å². The zero-order valence-electron chi connectivity index (χ0n) is 17.1. The van der Waals surface area contributed by atoms with Gasteiger partial charge in [-0.15, -0.1) is 0 Å². The van der Waals surface area contributed by atoms with Crippen LogP contribution in [0.2, 0.25) is 5.02 Å². The molecule has 1 aromatic carbocycles. The number of hydrogen-bond donors (Lipinski definition) is 2. The van der Waals surface area contributed by atoms with Gasteiger partial charge in [0, 0.05) is 38.9 Å². The minimum absolute atomic E-state index is 0.174. The molecule has 31 heavy (non-hydrogen) atoms. The van der Waals surface area contributed by atoms with Crippen molar-refractivity contribution in [1.82, 2.24) is 23.3 Å². The standard InChI is InChI=1S/C19H22ClIN8O2/c1-26-5-7-28(8-6-26)17-22-10-14(20)16(24-17)23-13-3-4-15-12(9-13)11-29(18(30)25-21)19(31)27(15)2/h3-4,9-10H,5-8,11H2,1-2H3,(H,25,30)(H,22,23,24). The van der Waals surface area contributed by atoms with E-state index in [2.05, 4.69) is 35.7 Å². The minimum atomic E-state index is -0.461. The molecule has 1 fully saturated rings. The summed E-state index contributed by atoms with van der Waals surface area (Å²) >= 11 is 8.07. The third-order valence-corrected chi connectivity index (χ3v) is 6.13. The summed E-state index contributed by atoms with van der Waals surface area (Å²) in [5.74, 6) is 1.14. The molecular formula is C19H22ClIN8O2. The molecule has 0 aliphatic carbocycles. The molecule has 1 aromatic heterocycles. The lowest BCUT2D eigenvalue weighted by molar-refractivity contribution is 0.191. The number of aromatic nitrogens is 2. The third-order valence-electron chi connectivity index (χ3n) is 5.39. The number of nitrogens with zero attached hydrogens (tertiary/aromatic N) is 6. The van der Waals surface area contributed by atoms with Crippen molar-refractivity contribution in [3.8, 4) is 0 Å². The average molecular weight is 557 g/mol. The fraction of sp³-hybridized carbons (Fsp3) is 0.368. The molecule has 10 nitrogen and oxygen atoms in total. The number of carbonyl (C=O) groups is 2. The molecule has 2 aromatic rings. The lowest BCUT2D eigenvalue weighted by Gasteiger charge is -2.33. The van der Waals surface area contributed by atoms with Crippen LogP contribution >= 0.6 is 34.5 Å². The van der Waals surface area contributed by atoms with Gasteiger partial charge >= 0.3 is 12.1 Å². The first-order valence-corrected chi connectivity index (χ1v) is 11.1. The average Bonchev–Trinajstić information content (AvgIpc) is 2.77. The Hall–Kier alpha value is -2.38. The lowest BCUT2D eigenvalue weighted by Crippen LogP contribution is -2.49. The molecule has 2 N–H and O–H groups in total. The third kappa shape index (κ3) is 4.48. The molecule has 0 unspecified atom stereocenters. The predicted octanol–water partition coefficient (Wildman–Crippen LogP) is 3.06. The number of benzene rings is 1. The number of imide groups is 1. The summed E-state index contributed by atoms with van der Waals surface area (Å²) < 4.78 is 2.47. The van der Waals surface area contributed by atoms with Crippen molar-refractivity contribution in [3.05, 3.63) is 35.0 Å². The molecule has 3 heterocycles. The highest BCUT2D eigenvalue weighted by atomic mass is 127. The molecule has 0 atom stereocenters. The predicted molar refractivity (Wildman–Crippen MR) is 128 cm³/mol. The summed E-state index contributed by atoms with van der Waals surface area (Å²) in [5, 5.41) is 3.66. The van der Waals surface area contributed by atoms with Crippen LogP contribution in [-0.4, -0.2) is 72.1 Å². The first-order valence-electron chi connectivity index (χ1n) is 9.69. The molecular weight excluding hydrogens is 535 g/mol. The van der Waals surface area contributed by atoms with Crippen LogP contribution in [0, 0.1) is 0 Å². The number of anilines is 4. The molecule has 0 bridgehead atoms. The Morgan fingerprint density at radius 3 is 2.65 bits per heavy atom. The van der Waals surface area contributed by atoms with Crippen molar-refractivity contribution < 1.29 is 9.59 Å². The summed E-state index contributed by atoms with van der Waals surface area (Å²) in [6, 6.07) is 4.74. The fourth-order valence-corrected chi connectivity index (χ4v) is 4.02. The van der Waals surface area contributed by atoms with Gasteiger partial charge in [-0.05, 0) is 30.8 Å². The number of halogens is 2. The van der Waals surface area contributed by atoms with Gasteiger partial charge in [0.15, 0.2) is 5.82 Å². The topological polar surface area (TPSA) is 96.9 Å². The second kappa shape index (κ2) is 9.01. The highest BCUT2D eigenvalue weighted by Crippen LogP contribution is 2.32. The summed E-state index contributed by atoms with van der Waals surface area (Å²) in [7, 11) is 3.74. The number of urea groups is 2. The number of amides is 4. The highest BCUT2D eigenvalue weighted by molar-refractivity contribution is 14.1. The van der Waals surface area contributed by atoms with Gasteiger partial charge in [-0.25, -0.2) is 19.5 Å². The Morgan fingerprint density at radius 1 is 1.19 bits per heavy atom. The van der Waals surface area contributed by atoms with Crippen LogP contribution in [-0.2, 0) is 6.54 Å². The summed E-state index contributed by atoms with van der Waals surface area (Å²) in [6.45, 7) is 3.78. The molecule has 0 spiro atoms. The van der Waals surface area contributed by atoms with Crippen LogP contribution in [0.3, 0.4) is 0 Å². The molecule has 164 valence electrons. The summed E-state index contributed by atoms with van der Waals surface area (Å²) in [5.41, 5.74) is 2.33. The van der Waals surface area contributed by atoms with Gasteiger partial charge in [0.1, 0.15) is 5.02 Å². The number of piperazine rings is 1. The van der Waals surface area contributed by atoms with E-state index in [1.165, 1.54) is 4.90 Å². The Labute approximate surface area is 199 Å². The van der Waals surface area contributed by atoms with Crippen LogP contribution in [0.15, 0.2) is 24.4 Å². The first-order chi connectivity index (χ1) is 14.9. The van der Waals surface area contributed by atoms with E-state index in [0.717, 1.165) is 48.0 Å². The number of rotatable bonds is 3. The normalized spacial score (nSPS) is 16.9. The second-order valence-electron chi connectivity index (χ2n) is 7.45. The van der Waals surface area contributed by atoms with Crippen LogP contribution in [0.1, 0.15) is 5.56 Å². The van der Waals surface area contributed by atoms with E-state index in [0.29, 0.717) is 16.8 Å². The van der Waals surface area contributed by atoms with Gasteiger partial charge in [-0.1, -0.05) is 11.6 Å². The van der Waals surface area contributed by atoms with Crippen molar-refractivity contribution in [2.45, 2.75) is 6.54 Å². The van der Waals surface area contributed by atoms with Gasteiger partial charge < -0.3 is 15.1 Å². The Bertz CT molecular complexity index is 1010. The number of carbonyl (C=O) groups excluding carboxylic acids is 2. The Kier molecular flexibility index (Phi) is 6.34. The SMILES string of the molecule is CN1CCN(c2ncc(Cl)c(Nc3ccc4c(c3)CN(C(=O)NI)C(=O)N4C)n2)CC1. The molecule has 1 saturated heterocycles. The summed E-state index contributed by atoms with van der Waals surface area (Å²) in [4.78, 5) is 40.5. The molecule has 4 amide bonds. The maximum atomic E-state index is 12.4. The zero-order chi connectivity index (χ0) is 22.1. The molecule has 0 saturated carbocycles. The Balaban J connectivity index is 1.57. The minimum Gasteiger partial charge on any atom is -0.339 e. The highest BCUT2D eigenvalue weighted by Gasteiger charge is 2.32. The van der Waals surface area contributed by atoms with Gasteiger partial charge in [0.25, 0.3) is 0 Å². The van der Waals surface area contributed by atoms with Crippen molar-refractivity contribution in [2.75, 3.05) is 55.4 Å². The zero-order valence-corrected chi connectivity index (χ0v) is 20.0. The van der Waals surface area contributed by atoms with Crippen LogP contribution in [0.4, 0.5) is 32.7 Å². The molecule has 12 heteroatoms. The smallest absolute Gasteiger partial charge is 0.334 e. The van der Waals surface area contributed by atoms with E-state index in [1.54, 1.807) is 36.1 Å². The van der Waals surface area contributed by atoms with Crippen molar-refractivity contribution in [2.24, 2.45) is 0 Å². The molecule has 2 aliphatic heterocycles. The maximum absolute atomic E-state index is 12.4. The van der Waals surface area contributed by atoms with Crippen LogP contribution < -0.4 is 18.6 Å². The molecule has 4 rings (SSSR count). The maximum Gasteiger partial charge on any atom is 0.334 e. The molecule has 0 radical (unpaired) electrons. The number of fused-ring (bicyclic) bond motifs is 1. The monoisotopic (exact) mass is 556 g/mol.